The maximum atomic E-state index is 11.1. The first-order valence-corrected chi connectivity index (χ1v) is 8.92. The zero-order chi connectivity index (χ0) is 15.7. The van der Waals surface area contributed by atoms with Gasteiger partial charge in [-0.2, -0.15) is 0 Å². The molecule has 1 aromatic carbocycles. The molecule has 1 unspecified atom stereocenters. The number of fused-ring (bicyclic) bond motifs is 1. The number of aromatic nitrogens is 1. The zero-order valence-corrected chi connectivity index (χ0v) is 15.0. The van der Waals surface area contributed by atoms with Crippen LogP contribution in [0.4, 0.5) is 5.13 Å². The molecular formula is C16H18BrN3OS. The SMILES string of the molecule is CC(=O)Nc1nc(CN2Cc3ccc(Br)cc3CC2C)cs1. The standard InChI is InChI=1S/C16H18BrN3OS/c1-10-5-13-6-14(17)4-3-12(13)7-20(10)8-15-9-22-16(19-15)18-11(2)21/h3-4,6,9-10H,5,7-8H2,1-2H3,(H,18,19,21). The number of benzene rings is 1. The first-order valence-electron chi connectivity index (χ1n) is 7.24. The van der Waals surface area contributed by atoms with Gasteiger partial charge in [-0.1, -0.05) is 22.0 Å². The molecule has 1 atom stereocenters. The minimum absolute atomic E-state index is 0.0771. The third kappa shape index (κ3) is 3.56. The monoisotopic (exact) mass is 379 g/mol. The van der Waals surface area contributed by atoms with E-state index < -0.39 is 0 Å². The Labute approximate surface area is 142 Å². The third-order valence-corrected chi connectivity index (χ3v) is 5.18. The molecule has 0 saturated carbocycles. The Morgan fingerprint density at radius 1 is 1.50 bits per heavy atom. The number of thiazole rings is 1. The van der Waals surface area contributed by atoms with E-state index in [1.807, 2.05) is 5.38 Å². The number of carbonyl (C=O) groups is 1. The Kier molecular flexibility index (Phi) is 4.61. The summed E-state index contributed by atoms with van der Waals surface area (Å²) in [6.07, 6.45) is 1.05. The molecule has 0 fully saturated rings. The number of amides is 1. The lowest BCUT2D eigenvalue weighted by Gasteiger charge is -2.34. The summed E-state index contributed by atoms with van der Waals surface area (Å²) in [6.45, 7) is 5.51. The van der Waals surface area contributed by atoms with Gasteiger partial charge in [0.1, 0.15) is 0 Å². The first-order chi connectivity index (χ1) is 10.5. The Bertz CT molecular complexity index is 700. The molecule has 0 aliphatic carbocycles. The van der Waals surface area contributed by atoms with E-state index in [0.717, 1.165) is 29.7 Å². The van der Waals surface area contributed by atoms with E-state index in [1.54, 1.807) is 0 Å². The summed E-state index contributed by atoms with van der Waals surface area (Å²) in [7, 11) is 0. The van der Waals surface area contributed by atoms with Crippen LogP contribution in [0.1, 0.15) is 30.7 Å². The van der Waals surface area contributed by atoms with Crippen molar-refractivity contribution in [3.8, 4) is 0 Å². The van der Waals surface area contributed by atoms with E-state index in [1.165, 1.54) is 29.4 Å². The number of nitrogens with zero attached hydrogens (tertiary/aromatic N) is 2. The van der Waals surface area contributed by atoms with E-state index in [-0.39, 0.29) is 5.91 Å². The van der Waals surface area contributed by atoms with Gasteiger partial charge in [0.05, 0.1) is 5.69 Å². The van der Waals surface area contributed by atoms with Crippen molar-refractivity contribution in [3.63, 3.8) is 0 Å². The van der Waals surface area contributed by atoms with Gasteiger partial charge in [-0.25, -0.2) is 4.98 Å². The van der Waals surface area contributed by atoms with Gasteiger partial charge in [0.2, 0.25) is 5.91 Å². The molecule has 2 aromatic rings. The summed E-state index contributed by atoms with van der Waals surface area (Å²) in [5, 5.41) is 5.44. The van der Waals surface area contributed by atoms with Crippen LogP contribution in [0.3, 0.4) is 0 Å². The smallest absolute Gasteiger partial charge is 0.223 e. The normalized spacial score (nSPS) is 18.0. The van der Waals surface area contributed by atoms with Crippen LogP contribution in [0.25, 0.3) is 0 Å². The summed E-state index contributed by atoms with van der Waals surface area (Å²) < 4.78 is 1.14. The fraction of sp³-hybridized carbons (Fsp3) is 0.375. The highest BCUT2D eigenvalue weighted by Gasteiger charge is 2.23. The van der Waals surface area contributed by atoms with Crippen molar-refractivity contribution < 1.29 is 4.79 Å². The van der Waals surface area contributed by atoms with Gasteiger partial charge in [0, 0.05) is 35.9 Å². The number of hydrogen-bond donors (Lipinski definition) is 1. The van der Waals surface area contributed by atoms with Gasteiger partial charge >= 0.3 is 0 Å². The molecule has 0 radical (unpaired) electrons. The van der Waals surface area contributed by atoms with Crippen molar-refractivity contribution in [1.82, 2.24) is 9.88 Å². The lowest BCUT2D eigenvalue weighted by atomic mass is 9.95. The third-order valence-electron chi connectivity index (χ3n) is 3.88. The summed E-state index contributed by atoms with van der Waals surface area (Å²) >= 11 is 5.02. The summed E-state index contributed by atoms with van der Waals surface area (Å²) in [5.41, 5.74) is 3.83. The summed E-state index contributed by atoms with van der Waals surface area (Å²) in [4.78, 5) is 18.0. The van der Waals surface area contributed by atoms with Crippen molar-refractivity contribution in [2.75, 3.05) is 5.32 Å². The second-order valence-electron chi connectivity index (χ2n) is 5.70. The van der Waals surface area contributed by atoms with Crippen LogP contribution in [-0.4, -0.2) is 21.8 Å². The summed E-state index contributed by atoms with van der Waals surface area (Å²) in [5.74, 6) is -0.0771. The van der Waals surface area contributed by atoms with Crippen LogP contribution in [0.5, 0.6) is 0 Å². The predicted octanol–water partition coefficient (Wildman–Crippen LogP) is 3.81. The van der Waals surface area contributed by atoms with Crippen molar-refractivity contribution in [1.29, 1.82) is 0 Å². The first kappa shape index (κ1) is 15.6. The van der Waals surface area contributed by atoms with Gasteiger partial charge in [0.25, 0.3) is 0 Å². The Hall–Kier alpha value is -1.24. The predicted molar refractivity (Wildman–Crippen MR) is 93.0 cm³/mol. The molecule has 22 heavy (non-hydrogen) atoms. The number of anilines is 1. The second-order valence-corrected chi connectivity index (χ2v) is 7.47. The Morgan fingerprint density at radius 3 is 3.09 bits per heavy atom. The zero-order valence-electron chi connectivity index (χ0n) is 12.6. The fourth-order valence-corrected chi connectivity index (χ4v) is 3.92. The molecule has 6 heteroatoms. The molecule has 1 aliphatic heterocycles. The van der Waals surface area contributed by atoms with E-state index in [9.17, 15) is 4.79 Å². The van der Waals surface area contributed by atoms with Crippen LogP contribution in [0, 0.1) is 0 Å². The average Bonchev–Trinajstić information content (AvgIpc) is 2.86. The fourth-order valence-electron chi connectivity index (χ4n) is 2.77. The number of hydrogen-bond acceptors (Lipinski definition) is 4. The Morgan fingerprint density at radius 2 is 2.32 bits per heavy atom. The van der Waals surface area contributed by atoms with Crippen LogP contribution < -0.4 is 5.32 Å². The maximum absolute atomic E-state index is 11.1. The van der Waals surface area contributed by atoms with Gasteiger partial charge in [0.15, 0.2) is 5.13 Å². The molecule has 1 aromatic heterocycles. The Balaban J connectivity index is 1.71. The minimum atomic E-state index is -0.0771. The highest BCUT2D eigenvalue weighted by Crippen LogP contribution is 2.28. The number of carbonyl (C=O) groups excluding carboxylic acids is 1. The lowest BCUT2D eigenvalue weighted by molar-refractivity contribution is -0.114. The van der Waals surface area contributed by atoms with Gasteiger partial charge in [-0.3, -0.25) is 9.69 Å². The molecule has 4 nitrogen and oxygen atoms in total. The topological polar surface area (TPSA) is 45.2 Å². The molecule has 0 bridgehead atoms. The largest absolute Gasteiger partial charge is 0.302 e. The minimum Gasteiger partial charge on any atom is -0.302 e. The number of halogens is 1. The van der Waals surface area contributed by atoms with Gasteiger partial charge in [-0.05, 0) is 36.6 Å². The highest BCUT2D eigenvalue weighted by molar-refractivity contribution is 9.10. The number of nitrogens with one attached hydrogen (secondary N) is 1. The van der Waals surface area contributed by atoms with Crippen LogP contribution >= 0.6 is 27.3 Å². The van der Waals surface area contributed by atoms with Crippen molar-refractivity contribution in [3.05, 3.63) is 44.9 Å². The quantitative estimate of drug-likeness (QED) is 0.881. The van der Waals surface area contributed by atoms with Crippen molar-refractivity contribution in [2.24, 2.45) is 0 Å². The van der Waals surface area contributed by atoms with Crippen LogP contribution in [0.2, 0.25) is 0 Å². The molecule has 1 aliphatic rings. The molecule has 0 saturated heterocycles. The van der Waals surface area contributed by atoms with Crippen LogP contribution in [0.15, 0.2) is 28.1 Å². The highest BCUT2D eigenvalue weighted by atomic mass is 79.9. The molecule has 0 spiro atoms. The van der Waals surface area contributed by atoms with Crippen molar-refractivity contribution >= 4 is 38.3 Å². The van der Waals surface area contributed by atoms with E-state index in [0.29, 0.717) is 11.2 Å². The second kappa shape index (κ2) is 6.48. The van der Waals surface area contributed by atoms with Crippen molar-refractivity contribution in [2.45, 2.75) is 39.4 Å². The van der Waals surface area contributed by atoms with E-state index >= 15 is 0 Å². The lowest BCUT2D eigenvalue weighted by Crippen LogP contribution is -2.37. The maximum Gasteiger partial charge on any atom is 0.223 e. The molecule has 3 rings (SSSR count). The van der Waals surface area contributed by atoms with Crippen LogP contribution in [-0.2, 0) is 24.3 Å². The molecule has 116 valence electrons. The molecule has 1 amide bonds. The van der Waals surface area contributed by atoms with Gasteiger partial charge in [-0.15, -0.1) is 11.3 Å². The summed E-state index contributed by atoms with van der Waals surface area (Å²) in [6, 6.07) is 7.00. The number of rotatable bonds is 3. The van der Waals surface area contributed by atoms with E-state index in [2.05, 4.69) is 56.3 Å². The van der Waals surface area contributed by atoms with E-state index in [4.69, 9.17) is 0 Å². The molecule has 2 heterocycles. The van der Waals surface area contributed by atoms with Gasteiger partial charge < -0.3 is 5.32 Å². The molecular weight excluding hydrogens is 362 g/mol. The molecule has 1 N–H and O–H groups in total. The average molecular weight is 380 g/mol.